The minimum absolute atomic E-state index is 0.0219. The molecule has 1 heterocycles. The molecule has 1 amide bonds. The van der Waals surface area contributed by atoms with Crippen LogP contribution in [-0.4, -0.2) is 36.1 Å². The summed E-state index contributed by atoms with van der Waals surface area (Å²) in [5.74, 6) is -0.522. The quantitative estimate of drug-likeness (QED) is 0.793. The maximum Gasteiger partial charge on any atom is 0.254 e. The highest BCUT2D eigenvalue weighted by Crippen LogP contribution is 2.18. The molecule has 1 aliphatic rings. The third-order valence-corrected chi connectivity index (χ3v) is 3.24. The van der Waals surface area contributed by atoms with Crippen molar-refractivity contribution in [3.8, 4) is 0 Å². The smallest absolute Gasteiger partial charge is 0.254 e. The van der Waals surface area contributed by atoms with Crippen molar-refractivity contribution >= 4 is 18.5 Å². The van der Waals surface area contributed by atoms with Gasteiger partial charge < -0.3 is 9.64 Å². The molecular formula is C13H16FNO2S. The molecular weight excluding hydrogens is 253 g/mol. The molecule has 0 bridgehead atoms. The van der Waals surface area contributed by atoms with E-state index < -0.39 is 5.82 Å². The Morgan fingerprint density at radius 2 is 2.00 bits per heavy atom. The van der Waals surface area contributed by atoms with Gasteiger partial charge in [0.1, 0.15) is 5.82 Å². The van der Waals surface area contributed by atoms with Gasteiger partial charge in [0.05, 0.1) is 12.2 Å². The lowest BCUT2D eigenvalue weighted by Gasteiger charge is -2.35. The first-order valence-corrected chi connectivity index (χ1v) is 6.35. The predicted octanol–water partition coefficient (Wildman–Crippen LogP) is 2.36. The highest BCUT2D eigenvalue weighted by Gasteiger charge is 2.26. The van der Waals surface area contributed by atoms with Crippen LogP contribution in [0.3, 0.4) is 0 Å². The Morgan fingerprint density at radius 3 is 2.56 bits per heavy atom. The van der Waals surface area contributed by atoms with Crippen molar-refractivity contribution < 1.29 is 13.9 Å². The topological polar surface area (TPSA) is 29.5 Å². The summed E-state index contributed by atoms with van der Waals surface area (Å²) in [4.78, 5) is 14.2. The fourth-order valence-corrected chi connectivity index (χ4v) is 2.39. The van der Waals surface area contributed by atoms with Crippen molar-refractivity contribution in [3.63, 3.8) is 0 Å². The molecule has 2 atom stereocenters. The predicted molar refractivity (Wildman–Crippen MR) is 69.6 cm³/mol. The number of carbonyl (C=O) groups is 1. The number of halogens is 1. The first-order valence-electron chi connectivity index (χ1n) is 5.90. The number of carbonyl (C=O) groups excluding carboxylic acids is 1. The Balaban J connectivity index is 2.17. The number of amides is 1. The van der Waals surface area contributed by atoms with E-state index in [-0.39, 0.29) is 23.0 Å². The second-order valence-corrected chi connectivity index (χ2v) is 5.12. The molecule has 1 aromatic rings. The second kappa shape index (κ2) is 5.28. The van der Waals surface area contributed by atoms with E-state index in [9.17, 15) is 9.18 Å². The number of hydrogen-bond donors (Lipinski definition) is 1. The van der Waals surface area contributed by atoms with E-state index in [1.54, 1.807) is 4.90 Å². The van der Waals surface area contributed by atoms with Gasteiger partial charge in [-0.25, -0.2) is 4.39 Å². The summed E-state index contributed by atoms with van der Waals surface area (Å²) in [5, 5.41) is 0. The summed E-state index contributed by atoms with van der Waals surface area (Å²) in [6.07, 6.45) is 0.0437. The van der Waals surface area contributed by atoms with Crippen LogP contribution in [0.2, 0.25) is 0 Å². The van der Waals surface area contributed by atoms with E-state index in [1.165, 1.54) is 18.2 Å². The summed E-state index contributed by atoms with van der Waals surface area (Å²) in [5.41, 5.74) is 0.461. The first kappa shape index (κ1) is 13.4. The molecule has 0 saturated carbocycles. The van der Waals surface area contributed by atoms with E-state index in [1.807, 2.05) is 13.8 Å². The van der Waals surface area contributed by atoms with Crippen LogP contribution in [0.1, 0.15) is 24.2 Å². The Bertz CT molecular complexity index is 456. The molecule has 2 rings (SSSR count). The maximum atomic E-state index is 13.1. The fourth-order valence-electron chi connectivity index (χ4n) is 2.17. The molecule has 0 N–H and O–H groups in total. The standard InChI is InChI=1S/C13H16FNO2S/c1-8-6-15(7-9(2)17-8)13(16)10-3-4-11(14)12(18)5-10/h3-5,8-9,18H,6-7H2,1-2H3/t8-,9+. The van der Waals surface area contributed by atoms with Crippen LogP contribution in [0.5, 0.6) is 0 Å². The molecule has 0 spiro atoms. The molecule has 0 aliphatic carbocycles. The zero-order chi connectivity index (χ0) is 13.3. The van der Waals surface area contributed by atoms with Gasteiger partial charge in [-0.15, -0.1) is 12.6 Å². The second-order valence-electron chi connectivity index (χ2n) is 4.63. The molecule has 1 saturated heterocycles. The molecule has 0 aromatic heterocycles. The molecule has 98 valence electrons. The zero-order valence-corrected chi connectivity index (χ0v) is 11.3. The van der Waals surface area contributed by atoms with Gasteiger partial charge in [0.25, 0.3) is 5.91 Å². The van der Waals surface area contributed by atoms with Crippen LogP contribution in [0.15, 0.2) is 23.1 Å². The highest BCUT2D eigenvalue weighted by atomic mass is 32.1. The van der Waals surface area contributed by atoms with E-state index in [4.69, 9.17) is 4.74 Å². The van der Waals surface area contributed by atoms with E-state index >= 15 is 0 Å². The summed E-state index contributed by atoms with van der Waals surface area (Å²) in [6, 6.07) is 4.22. The number of ether oxygens (including phenoxy) is 1. The summed E-state index contributed by atoms with van der Waals surface area (Å²) < 4.78 is 18.7. The van der Waals surface area contributed by atoms with Crippen LogP contribution in [-0.2, 0) is 4.74 Å². The van der Waals surface area contributed by atoms with Gasteiger partial charge in [-0.2, -0.15) is 0 Å². The molecule has 18 heavy (non-hydrogen) atoms. The molecule has 1 fully saturated rings. The third kappa shape index (κ3) is 2.84. The number of hydrogen-bond acceptors (Lipinski definition) is 3. The minimum Gasteiger partial charge on any atom is -0.372 e. The average molecular weight is 269 g/mol. The SMILES string of the molecule is C[C@@H]1CN(C(=O)c2ccc(F)c(S)c2)C[C@H](C)O1. The fraction of sp³-hybridized carbons (Fsp3) is 0.462. The number of rotatable bonds is 1. The van der Waals surface area contributed by atoms with E-state index in [2.05, 4.69) is 12.6 Å². The molecule has 3 nitrogen and oxygen atoms in total. The van der Waals surface area contributed by atoms with Gasteiger partial charge in [0.15, 0.2) is 0 Å². The van der Waals surface area contributed by atoms with Gasteiger partial charge in [0, 0.05) is 23.5 Å². The maximum absolute atomic E-state index is 13.1. The van der Waals surface area contributed by atoms with Crippen LogP contribution in [0.25, 0.3) is 0 Å². The first-order chi connectivity index (χ1) is 8.47. The van der Waals surface area contributed by atoms with Gasteiger partial charge in [-0.05, 0) is 32.0 Å². The third-order valence-electron chi connectivity index (χ3n) is 2.90. The molecule has 5 heteroatoms. The summed E-state index contributed by atoms with van der Waals surface area (Å²) in [6.45, 7) is 4.99. The monoisotopic (exact) mass is 269 g/mol. The average Bonchev–Trinajstić information content (AvgIpc) is 2.30. The number of nitrogens with zero attached hydrogens (tertiary/aromatic N) is 1. The van der Waals surface area contributed by atoms with E-state index in [0.29, 0.717) is 18.7 Å². The van der Waals surface area contributed by atoms with Crippen molar-refractivity contribution in [1.29, 1.82) is 0 Å². The molecule has 1 aromatic carbocycles. The number of benzene rings is 1. The molecule has 1 aliphatic heterocycles. The van der Waals surface area contributed by atoms with Crippen LogP contribution < -0.4 is 0 Å². The normalized spacial score (nSPS) is 24.1. The lowest BCUT2D eigenvalue weighted by molar-refractivity contribution is -0.0586. The highest BCUT2D eigenvalue weighted by molar-refractivity contribution is 7.80. The summed E-state index contributed by atoms with van der Waals surface area (Å²) >= 11 is 3.99. The minimum atomic E-state index is -0.418. The Kier molecular flexibility index (Phi) is 3.92. The largest absolute Gasteiger partial charge is 0.372 e. The Morgan fingerprint density at radius 1 is 1.39 bits per heavy atom. The van der Waals surface area contributed by atoms with Crippen molar-refractivity contribution in [2.75, 3.05) is 13.1 Å². The number of thiol groups is 1. The van der Waals surface area contributed by atoms with Crippen molar-refractivity contribution in [1.82, 2.24) is 4.90 Å². The number of morpholine rings is 1. The van der Waals surface area contributed by atoms with Crippen molar-refractivity contribution in [3.05, 3.63) is 29.6 Å². The van der Waals surface area contributed by atoms with Gasteiger partial charge >= 0.3 is 0 Å². The lowest BCUT2D eigenvalue weighted by Crippen LogP contribution is -2.48. The van der Waals surface area contributed by atoms with E-state index in [0.717, 1.165) is 0 Å². The summed E-state index contributed by atoms with van der Waals surface area (Å²) in [7, 11) is 0. The van der Waals surface area contributed by atoms with Crippen LogP contribution >= 0.6 is 12.6 Å². The van der Waals surface area contributed by atoms with Crippen LogP contribution in [0.4, 0.5) is 4.39 Å². The molecule has 0 radical (unpaired) electrons. The Hall–Kier alpha value is -1.07. The lowest BCUT2D eigenvalue weighted by atomic mass is 10.1. The zero-order valence-electron chi connectivity index (χ0n) is 10.4. The van der Waals surface area contributed by atoms with Gasteiger partial charge in [-0.1, -0.05) is 0 Å². The van der Waals surface area contributed by atoms with Crippen molar-refractivity contribution in [2.24, 2.45) is 0 Å². The Labute approximate surface area is 111 Å². The molecule has 0 unspecified atom stereocenters. The van der Waals surface area contributed by atoms with Gasteiger partial charge in [0.2, 0.25) is 0 Å². The van der Waals surface area contributed by atoms with Crippen molar-refractivity contribution in [2.45, 2.75) is 31.0 Å². The van der Waals surface area contributed by atoms with Gasteiger partial charge in [-0.3, -0.25) is 4.79 Å². The van der Waals surface area contributed by atoms with Crippen LogP contribution in [0, 0.1) is 5.82 Å².